The van der Waals surface area contributed by atoms with E-state index in [1.54, 1.807) is 11.9 Å². The number of nitrogens with zero attached hydrogens (tertiary/aromatic N) is 2. The van der Waals surface area contributed by atoms with Crippen LogP contribution < -0.4 is 10.6 Å². The minimum absolute atomic E-state index is 0.00306. The van der Waals surface area contributed by atoms with E-state index in [0.717, 1.165) is 25.3 Å². The molecule has 1 saturated heterocycles. The molecule has 0 atom stereocenters. The summed E-state index contributed by atoms with van der Waals surface area (Å²) in [5.74, 6) is 0.810. The van der Waals surface area contributed by atoms with E-state index >= 15 is 0 Å². The molecule has 150 valence electrons. The van der Waals surface area contributed by atoms with Crippen LogP contribution in [0.2, 0.25) is 0 Å². The van der Waals surface area contributed by atoms with Crippen LogP contribution in [-0.2, 0) is 10.2 Å². The van der Waals surface area contributed by atoms with Gasteiger partial charge in [-0.3, -0.25) is 4.99 Å². The summed E-state index contributed by atoms with van der Waals surface area (Å²) >= 11 is 0. The molecular formula is C21H34N4O2. The highest BCUT2D eigenvalue weighted by Crippen LogP contribution is 2.23. The molecule has 0 aromatic heterocycles. The number of piperidine rings is 1. The van der Waals surface area contributed by atoms with Crippen molar-refractivity contribution in [2.45, 2.75) is 52.0 Å². The predicted molar refractivity (Wildman–Crippen MR) is 110 cm³/mol. The van der Waals surface area contributed by atoms with Crippen molar-refractivity contribution < 1.29 is 9.53 Å². The van der Waals surface area contributed by atoms with Crippen molar-refractivity contribution in [2.24, 2.45) is 4.99 Å². The molecule has 1 aliphatic rings. The molecule has 1 aromatic carbocycles. The van der Waals surface area contributed by atoms with Crippen molar-refractivity contribution in [3.8, 4) is 0 Å². The normalized spacial score (nSPS) is 16.2. The zero-order valence-corrected chi connectivity index (χ0v) is 17.3. The highest BCUT2D eigenvalue weighted by Gasteiger charge is 2.25. The van der Waals surface area contributed by atoms with Crippen molar-refractivity contribution in [1.82, 2.24) is 15.5 Å². The zero-order valence-electron chi connectivity index (χ0n) is 17.3. The van der Waals surface area contributed by atoms with Crippen molar-refractivity contribution in [1.29, 1.82) is 0 Å². The summed E-state index contributed by atoms with van der Waals surface area (Å²) in [6.45, 7) is 11.1. The molecule has 0 aliphatic carbocycles. The van der Waals surface area contributed by atoms with Crippen LogP contribution in [0.1, 0.15) is 44.7 Å². The lowest BCUT2D eigenvalue weighted by Crippen LogP contribution is -2.51. The van der Waals surface area contributed by atoms with Crippen LogP contribution in [-0.4, -0.2) is 56.3 Å². The van der Waals surface area contributed by atoms with E-state index in [4.69, 9.17) is 4.74 Å². The van der Waals surface area contributed by atoms with Crippen LogP contribution in [0, 0.1) is 6.92 Å². The van der Waals surface area contributed by atoms with Crippen molar-refractivity contribution >= 4 is 12.1 Å². The molecule has 6 nitrogen and oxygen atoms in total. The molecule has 1 heterocycles. The average Bonchev–Trinajstić information content (AvgIpc) is 2.66. The first-order valence-electron chi connectivity index (χ1n) is 9.81. The summed E-state index contributed by atoms with van der Waals surface area (Å²) in [5.41, 5.74) is 2.58. The number of rotatable bonds is 5. The summed E-state index contributed by atoms with van der Waals surface area (Å²) in [7, 11) is 1.79. The highest BCUT2D eigenvalue weighted by atomic mass is 16.6. The summed E-state index contributed by atoms with van der Waals surface area (Å²) < 4.78 is 5.08. The van der Waals surface area contributed by atoms with Gasteiger partial charge in [-0.15, -0.1) is 0 Å². The maximum Gasteiger partial charge on any atom is 0.409 e. The van der Waals surface area contributed by atoms with Gasteiger partial charge in [-0.1, -0.05) is 43.7 Å². The van der Waals surface area contributed by atoms with E-state index in [-0.39, 0.29) is 11.5 Å². The number of nitrogens with one attached hydrogen (secondary N) is 2. The maximum atomic E-state index is 11.8. The Morgan fingerprint density at radius 2 is 2.04 bits per heavy atom. The molecule has 0 radical (unpaired) electrons. The summed E-state index contributed by atoms with van der Waals surface area (Å²) in [5, 5.41) is 6.96. The Morgan fingerprint density at radius 1 is 1.33 bits per heavy atom. The lowest BCUT2D eigenvalue weighted by Gasteiger charge is -2.33. The molecule has 0 unspecified atom stereocenters. The predicted octanol–water partition coefficient (Wildman–Crippen LogP) is 3.06. The molecule has 0 bridgehead atoms. The third kappa shape index (κ3) is 6.15. The van der Waals surface area contributed by atoms with Crippen LogP contribution in [0.25, 0.3) is 0 Å². The number of aryl methyl sites for hydroxylation is 1. The van der Waals surface area contributed by atoms with Crippen LogP contribution in [0.3, 0.4) is 0 Å². The molecule has 1 amide bonds. The van der Waals surface area contributed by atoms with Crippen LogP contribution in [0.5, 0.6) is 0 Å². The second-order valence-electron chi connectivity index (χ2n) is 7.78. The first-order valence-corrected chi connectivity index (χ1v) is 9.81. The van der Waals surface area contributed by atoms with Crippen molar-refractivity contribution in [3.05, 3.63) is 35.4 Å². The number of ether oxygens (including phenoxy) is 1. The molecule has 1 fully saturated rings. The van der Waals surface area contributed by atoms with Gasteiger partial charge >= 0.3 is 6.09 Å². The SMILES string of the molecule is CCOC(=O)N1CCC(NC(=NC)NCC(C)(C)c2cccc(C)c2)CC1. The minimum atomic E-state index is -0.210. The monoisotopic (exact) mass is 374 g/mol. The Labute approximate surface area is 163 Å². The largest absolute Gasteiger partial charge is 0.450 e. The Kier molecular flexibility index (Phi) is 7.51. The molecule has 1 aliphatic heterocycles. The topological polar surface area (TPSA) is 66.0 Å². The standard InChI is InChI=1S/C21H34N4O2/c1-6-27-20(26)25-12-10-18(11-13-25)24-19(22-5)23-15-21(3,4)17-9-7-8-16(2)14-17/h7-9,14,18H,6,10-13,15H2,1-5H3,(H2,22,23,24). The third-order valence-corrected chi connectivity index (χ3v) is 5.08. The van der Waals surface area contributed by atoms with Gasteiger partial charge in [0.2, 0.25) is 0 Å². The van der Waals surface area contributed by atoms with Gasteiger partial charge in [0.15, 0.2) is 5.96 Å². The van der Waals surface area contributed by atoms with E-state index < -0.39 is 0 Å². The van der Waals surface area contributed by atoms with E-state index in [2.05, 4.69) is 60.7 Å². The molecule has 2 rings (SSSR count). The van der Waals surface area contributed by atoms with Crippen molar-refractivity contribution in [3.63, 3.8) is 0 Å². The highest BCUT2D eigenvalue weighted by molar-refractivity contribution is 5.80. The number of guanidine groups is 1. The van der Waals surface area contributed by atoms with Crippen LogP contribution >= 0.6 is 0 Å². The fourth-order valence-electron chi connectivity index (χ4n) is 3.28. The number of carbonyl (C=O) groups excluding carboxylic acids is 1. The molecular weight excluding hydrogens is 340 g/mol. The second kappa shape index (κ2) is 9.62. The molecule has 2 N–H and O–H groups in total. The Hall–Kier alpha value is -2.24. The molecule has 27 heavy (non-hydrogen) atoms. The Bertz CT molecular complexity index is 649. The smallest absolute Gasteiger partial charge is 0.409 e. The number of aliphatic imine (C=N–C) groups is 1. The van der Waals surface area contributed by atoms with E-state index in [1.807, 2.05) is 6.92 Å². The maximum absolute atomic E-state index is 11.8. The summed E-state index contributed by atoms with van der Waals surface area (Å²) in [6, 6.07) is 8.95. The summed E-state index contributed by atoms with van der Waals surface area (Å²) in [4.78, 5) is 17.9. The fourth-order valence-corrected chi connectivity index (χ4v) is 3.28. The van der Waals surface area contributed by atoms with E-state index in [9.17, 15) is 4.79 Å². The van der Waals surface area contributed by atoms with Gasteiger partial charge in [-0.2, -0.15) is 0 Å². The lowest BCUT2D eigenvalue weighted by molar-refractivity contribution is 0.0963. The number of hydrogen-bond donors (Lipinski definition) is 2. The van der Waals surface area contributed by atoms with Crippen molar-refractivity contribution in [2.75, 3.05) is 33.3 Å². The molecule has 0 spiro atoms. The van der Waals surface area contributed by atoms with Crippen LogP contribution in [0.15, 0.2) is 29.3 Å². The summed E-state index contributed by atoms with van der Waals surface area (Å²) in [6.07, 6.45) is 1.57. The van der Waals surface area contributed by atoms with Gasteiger partial charge in [0.05, 0.1) is 6.61 Å². The first-order chi connectivity index (χ1) is 12.9. The number of likely N-dealkylation sites (tertiary alicyclic amines) is 1. The lowest BCUT2D eigenvalue weighted by atomic mass is 9.84. The van der Waals surface area contributed by atoms with Gasteiger partial charge in [-0.25, -0.2) is 4.79 Å². The third-order valence-electron chi connectivity index (χ3n) is 5.08. The van der Waals surface area contributed by atoms with E-state index in [0.29, 0.717) is 25.7 Å². The fraction of sp³-hybridized carbons (Fsp3) is 0.619. The van der Waals surface area contributed by atoms with Gasteiger partial charge in [0.25, 0.3) is 0 Å². The number of carbonyl (C=O) groups is 1. The number of hydrogen-bond acceptors (Lipinski definition) is 3. The Morgan fingerprint density at radius 3 is 2.63 bits per heavy atom. The minimum Gasteiger partial charge on any atom is -0.450 e. The van der Waals surface area contributed by atoms with Crippen LogP contribution in [0.4, 0.5) is 4.79 Å². The van der Waals surface area contributed by atoms with Gasteiger partial charge < -0.3 is 20.3 Å². The quantitative estimate of drug-likeness (QED) is 0.614. The van der Waals surface area contributed by atoms with Gasteiger partial charge in [0, 0.05) is 38.1 Å². The van der Waals surface area contributed by atoms with Gasteiger partial charge in [0.1, 0.15) is 0 Å². The molecule has 0 saturated carbocycles. The molecule has 6 heteroatoms. The molecule has 1 aromatic rings. The zero-order chi connectivity index (χ0) is 19.9. The Balaban J connectivity index is 1.83. The van der Waals surface area contributed by atoms with E-state index in [1.165, 1.54) is 11.1 Å². The second-order valence-corrected chi connectivity index (χ2v) is 7.78. The first kappa shape index (κ1) is 21.1. The number of benzene rings is 1. The number of amides is 1. The average molecular weight is 375 g/mol. The van der Waals surface area contributed by atoms with Gasteiger partial charge in [-0.05, 0) is 32.3 Å².